The van der Waals surface area contributed by atoms with Crippen LogP contribution in [0.25, 0.3) is 0 Å². The second-order valence-corrected chi connectivity index (χ2v) is 5.41. The smallest absolute Gasteiger partial charge is 0.341 e. The number of halogens is 2. The van der Waals surface area contributed by atoms with Crippen LogP contribution in [0.3, 0.4) is 0 Å². The molecule has 0 fully saturated rings. The third-order valence-electron chi connectivity index (χ3n) is 1.31. The van der Waals surface area contributed by atoms with E-state index in [1.807, 2.05) is 0 Å². The predicted molar refractivity (Wildman–Crippen MR) is 49.0 cm³/mol. The number of hydrogen-bond donors (Lipinski definition) is 0. The molecule has 1 aromatic heterocycles. The molecule has 0 unspecified atom stereocenters. The van der Waals surface area contributed by atoms with Gasteiger partial charge in [-0.3, -0.25) is 0 Å². The van der Waals surface area contributed by atoms with Gasteiger partial charge < -0.3 is 4.74 Å². The van der Waals surface area contributed by atoms with Crippen LogP contribution < -0.4 is 0 Å². The largest absolute Gasteiger partial charge is 0.465 e. The number of thiophene rings is 1. The molecule has 1 heterocycles. The van der Waals surface area contributed by atoms with E-state index in [1.165, 1.54) is 0 Å². The summed E-state index contributed by atoms with van der Waals surface area (Å²) in [7, 11) is -3.71. The van der Waals surface area contributed by atoms with Gasteiger partial charge in [-0.15, -0.1) is 11.3 Å². The molecule has 0 saturated heterocycles. The van der Waals surface area contributed by atoms with Crippen molar-refractivity contribution in [3.63, 3.8) is 0 Å². The minimum Gasteiger partial charge on any atom is -0.465 e. The molecule has 0 N–H and O–H groups in total. The number of carbonyl (C=O) groups is 1. The second kappa shape index (κ2) is 3.84. The number of hydrogen-bond acceptors (Lipinski definition) is 5. The van der Waals surface area contributed by atoms with Crippen molar-refractivity contribution in [3.05, 3.63) is 16.0 Å². The van der Waals surface area contributed by atoms with E-state index in [1.54, 1.807) is 0 Å². The Bertz CT molecular complexity index is 464. The summed E-state index contributed by atoms with van der Waals surface area (Å²) < 4.78 is 36.9. The maximum Gasteiger partial charge on any atom is 0.341 e. The van der Waals surface area contributed by atoms with Crippen molar-refractivity contribution >= 4 is 39.1 Å². The number of esters is 1. The maximum absolute atomic E-state index is 12.5. The fourth-order valence-corrected chi connectivity index (χ4v) is 2.75. The first-order chi connectivity index (χ1) is 6.36. The van der Waals surface area contributed by atoms with Crippen LogP contribution in [-0.4, -0.2) is 21.5 Å². The van der Waals surface area contributed by atoms with Gasteiger partial charge in [0.2, 0.25) is 0 Å². The summed E-state index contributed by atoms with van der Waals surface area (Å²) >= 11 is 5.98. The van der Waals surface area contributed by atoms with Gasteiger partial charge in [-0.05, 0) is 6.07 Å². The third-order valence-corrected chi connectivity index (χ3v) is 3.91. The lowest BCUT2D eigenvalue weighted by Crippen LogP contribution is -1.99. The normalized spacial score (nSPS) is 11.4. The summed E-state index contributed by atoms with van der Waals surface area (Å²) in [6.45, 7) is 0. The predicted octanol–water partition coefficient (Wildman–Crippen LogP) is 1.85. The van der Waals surface area contributed by atoms with E-state index in [4.69, 9.17) is 11.6 Å². The van der Waals surface area contributed by atoms with Gasteiger partial charge in [-0.25, -0.2) is 4.79 Å². The van der Waals surface area contributed by atoms with Gasteiger partial charge in [0.1, 0.15) is 4.34 Å². The Kier molecular flexibility index (Phi) is 3.13. The summed E-state index contributed by atoms with van der Waals surface area (Å²) in [6.07, 6.45) is 0. The van der Waals surface area contributed by atoms with E-state index in [0.29, 0.717) is 11.3 Å². The summed E-state index contributed by atoms with van der Waals surface area (Å²) in [5.41, 5.74) is -0.157. The molecule has 14 heavy (non-hydrogen) atoms. The van der Waals surface area contributed by atoms with Crippen LogP contribution in [-0.2, 0) is 15.0 Å². The van der Waals surface area contributed by atoms with Crippen LogP contribution in [0.4, 0.5) is 3.89 Å². The molecular weight excluding hydrogens is 255 g/mol. The van der Waals surface area contributed by atoms with Gasteiger partial charge in [0.25, 0.3) is 0 Å². The zero-order valence-corrected chi connectivity index (χ0v) is 9.17. The Morgan fingerprint density at radius 3 is 2.57 bits per heavy atom. The van der Waals surface area contributed by atoms with Crippen molar-refractivity contribution in [1.82, 2.24) is 0 Å². The molecule has 0 amide bonds. The van der Waals surface area contributed by atoms with Crippen molar-refractivity contribution in [1.29, 1.82) is 0 Å². The zero-order valence-electron chi connectivity index (χ0n) is 6.78. The van der Waals surface area contributed by atoms with E-state index in [0.717, 1.165) is 13.2 Å². The number of carbonyl (C=O) groups excluding carboxylic acids is 1. The van der Waals surface area contributed by atoms with Gasteiger partial charge in [0.15, 0.2) is 4.21 Å². The molecule has 0 spiro atoms. The number of ether oxygens (including phenoxy) is 1. The van der Waals surface area contributed by atoms with E-state index < -0.39 is 20.4 Å². The SMILES string of the molecule is COC(=O)c1cc(S(=O)(=O)F)sc1Cl. The quantitative estimate of drug-likeness (QED) is 0.600. The lowest BCUT2D eigenvalue weighted by atomic mass is 10.3. The van der Waals surface area contributed by atoms with Gasteiger partial charge in [0.05, 0.1) is 12.7 Å². The zero-order chi connectivity index (χ0) is 10.9. The average Bonchev–Trinajstić information content (AvgIpc) is 2.45. The highest BCUT2D eigenvalue weighted by Gasteiger charge is 2.22. The molecule has 1 aromatic rings. The van der Waals surface area contributed by atoms with Crippen molar-refractivity contribution in [2.75, 3.05) is 7.11 Å². The monoisotopic (exact) mass is 258 g/mol. The van der Waals surface area contributed by atoms with Crippen LogP contribution >= 0.6 is 22.9 Å². The minimum atomic E-state index is -4.82. The van der Waals surface area contributed by atoms with Crippen molar-refractivity contribution in [3.8, 4) is 0 Å². The molecule has 4 nitrogen and oxygen atoms in total. The molecule has 0 atom stereocenters. The standard InChI is InChI=1S/C6H4ClFO4S2/c1-12-6(9)3-2-4(13-5(3)7)14(8,10)11/h2H,1H3. The molecule has 1 rings (SSSR count). The molecule has 0 aliphatic rings. The van der Waals surface area contributed by atoms with E-state index >= 15 is 0 Å². The summed E-state index contributed by atoms with van der Waals surface area (Å²) in [5.74, 6) is -0.804. The summed E-state index contributed by atoms with van der Waals surface area (Å²) in [6, 6.07) is 0.841. The second-order valence-electron chi connectivity index (χ2n) is 2.18. The number of rotatable bonds is 2. The summed E-state index contributed by atoms with van der Waals surface area (Å²) in [4.78, 5) is 11.0. The molecule has 0 radical (unpaired) electrons. The first-order valence-electron chi connectivity index (χ1n) is 3.18. The summed E-state index contributed by atoms with van der Waals surface area (Å²) in [5, 5.41) is 0. The van der Waals surface area contributed by atoms with Crippen LogP contribution in [0.2, 0.25) is 4.34 Å². The Morgan fingerprint density at radius 1 is 1.64 bits per heavy atom. The first kappa shape index (κ1) is 11.4. The molecule has 8 heteroatoms. The Hall–Kier alpha value is -0.660. The lowest BCUT2D eigenvalue weighted by molar-refractivity contribution is 0.0601. The van der Waals surface area contributed by atoms with E-state index in [-0.39, 0.29) is 9.90 Å². The average molecular weight is 259 g/mol. The van der Waals surface area contributed by atoms with Crippen molar-refractivity contribution in [2.45, 2.75) is 4.21 Å². The number of methoxy groups -OCH3 is 1. The molecule has 0 saturated carbocycles. The fourth-order valence-electron chi connectivity index (χ4n) is 0.717. The minimum absolute atomic E-state index is 0.118. The van der Waals surface area contributed by atoms with Gasteiger partial charge in [-0.1, -0.05) is 15.5 Å². The van der Waals surface area contributed by atoms with Gasteiger partial charge >= 0.3 is 16.2 Å². The maximum atomic E-state index is 12.5. The van der Waals surface area contributed by atoms with Crippen LogP contribution in [0.5, 0.6) is 0 Å². The molecule has 0 aromatic carbocycles. The topological polar surface area (TPSA) is 60.4 Å². The molecule has 78 valence electrons. The molecule has 0 aliphatic heterocycles. The Labute approximate surface area is 88.5 Å². The highest BCUT2D eigenvalue weighted by Crippen LogP contribution is 2.32. The lowest BCUT2D eigenvalue weighted by Gasteiger charge is -1.93. The Morgan fingerprint density at radius 2 is 2.21 bits per heavy atom. The van der Waals surface area contributed by atoms with Crippen molar-refractivity contribution in [2.24, 2.45) is 0 Å². The molecule has 0 bridgehead atoms. The van der Waals surface area contributed by atoms with Gasteiger partial charge in [0, 0.05) is 0 Å². The van der Waals surface area contributed by atoms with Crippen LogP contribution in [0, 0.1) is 0 Å². The van der Waals surface area contributed by atoms with Crippen LogP contribution in [0.1, 0.15) is 10.4 Å². The van der Waals surface area contributed by atoms with E-state index in [9.17, 15) is 17.1 Å². The first-order valence-corrected chi connectivity index (χ1v) is 5.76. The van der Waals surface area contributed by atoms with Gasteiger partial charge in [-0.2, -0.15) is 8.42 Å². The van der Waals surface area contributed by atoms with Crippen LogP contribution in [0.15, 0.2) is 10.3 Å². The molecular formula is C6H4ClFO4S2. The third kappa shape index (κ3) is 2.23. The van der Waals surface area contributed by atoms with Crippen molar-refractivity contribution < 1.29 is 21.8 Å². The fraction of sp³-hybridized carbons (Fsp3) is 0.167. The highest BCUT2D eigenvalue weighted by molar-refractivity contribution is 7.88. The molecule has 0 aliphatic carbocycles. The highest BCUT2D eigenvalue weighted by atomic mass is 35.5. The van der Waals surface area contributed by atoms with E-state index in [2.05, 4.69) is 4.74 Å². The Balaban J connectivity index is 3.25.